The summed E-state index contributed by atoms with van der Waals surface area (Å²) in [6.07, 6.45) is 0.357. The predicted molar refractivity (Wildman–Crippen MR) is 75.0 cm³/mol. The number of carboxylic acids is 1. The molecule has 0 saturated carbocycles. The van der Waals surface area contributed by atoms with Gasteiger partial charge in [0.1, 0.15) is 16.9 Å². The van der Waals surface area contributed by atoms with Crippen molar-refractivity contribution < 1.29 is 19.4 Å². The highest BCUT2D eigenvalue weighted by molar-refractivity contribution is 5.82. The third kappa shape index (κ3) is 2.64. The summed E-state index contributed by atoms with van der Waals surface area (Å²) < 4.78 is 10.9. The summed E-state index contributed by atoms with van der Waals surface area (Å²) in [5.74, 6) is -0.270. The molecule has 5 nitrogen and oxygen atoms in total. The second-order valence-corrected chi connectivity index (χ2v) is 5.66. The molecule has 110 valence electrons. The number of carboxylic acid groups (broad SMARTS) is 1. The van der Waals surface area contributed by atoms with E-state index in [4.69, 9.17) is 9.47 Å². The number of para-hydroxylation sites is 1. The minimum absolute atomic E-state index is 0.357. The minimum Gasteiger partial charge on any atom is -0.487 e. The van der Waals surface area contributed by atoms with Crippen LogP contribution in [-0.4, -0.2) is 36.9 Å². The van der Waals surface area contributed by atoms with Gasteiger partial charge in [0.05, 0.1) is 6.61 Å². The van der Waals surface area contributed by atoms with Gasteiger partial charge in [0.25, 0.3) is 0 Å². The number of rotatable bonds is 5. The lowest BCUT2D eigenvalue weighted by Crippen LogP contribution is -2.57. The van der Waals surface area contributed by atoms with Crippen LogP contribution in [0.25, 0.3) is 0 Å². The molecule has 1 heterocycles. The molecular formula is C15H21NO4. The van der Waals surface area contributed by atoms with Gasteiger partial charge in [0.2, 0.25) is 0 Å². The first-order valence-electron chi connectivity index (χ1n) is 6.67. The van der Waals surface area contributed by atoms with Gasteiger partial charge in [0.15, 0.2) is 0 Å². The second-order valence-electron chi connectivity index (χ2n) is 5.66. The van der Waals surface area contributed by atoms with Crippen molar-refractivity contribution in [1.29, 1.82) is 0 Å². The van der Waals surface area contributed by atoms with Crippen LogP contribution >= 0.6 is 0 Å². The van der Waals surface area contributed by atoms with Gasteiger partial charge in [-0.1, -0.05) is 18.2 Å². The Morgan fingerprint density at radius 1 is 1.45 bits per heavy atom. The second kappa shape index (κ2) is 5.42. The molecule has 1 aromatic rings. The van der Waals surface area contributed by atoms with Crippen LogP contribution in [0.1, 0.15) is 25.8 Å². The average molecular weight is 279 g/mol. The molecule has 0 fully saturated rings. The molecule has 0 bridgehead atoms. The quantitative estimate of drug-likeness (QED) is 0.804. The predicted octanol–water partition coefficient (Wildman–Crippen LogP) is 1.76. The van der Waals surface area contributed by atoms with Gasteiger partial charge in [-0.15, -0.1) is 0 Å². The molecule has 0 aliphatic carbocycles. The normalized spacial score (nSPS) is 23.8. The number of fused-ring (bicyclic) bond motifs is 1. The first-order chi connectivity index (χ1) is 9.41. The molecule has 2 N–H and O–H groups in total. The Labute approximate surface area is 118 Å². The molecule has 1 aliphatic heterocycles. The minimum atomic E-state index is -1.14. The van der Waals surface area contributed by atoms with Gasteiger partial charge in [-0.3, -0.25) is 5.32 Å². The summed E-state index contributed by atoms with van der Waals surface area (Å²) in [5.41, 5.74) is -1.02. The topological polar surface area (TPSA) is 67.8 Å². The molecule has 0 amide bonds. The summed E-state index contributed by atoms with van der Waals surface area (Å²) in [5, 5.41) is 13.0. The molecular weight excluding hydrogens is 258 g/mol. The maximum Gasteiger partial charge on any atom is 0.328 e. The lowest BCUT2D eigenvalue weighted by Gasteiger charge is -2.44. The molecule has 0 spiro atoms. The smallest absolute Gasteiger partial charge is 0.328 e. The van der Waals surface area contributed by atoms with E-state index < -0.39 is 17.1 Å². The van der Waals surface area contributed by atoms with E-state index in [0.29, 0.717) is 30.9 Å². The van der Waals surface area contributed by atoms with Crippen molar-refractivity contribution in [2.45, 2.75) is 31.4 Å². The lowest BCUT2D eigenvalue weighted by molar-refractivity contribution is -0.149. The number of methoxy groups -OCH3 is 1. The van der Waals surface area contributed by atoms with Gasteiger partial charge < -0.3 is 14.6 Å². The standard InChI is InChI=1S/C15H21NO4/c1-14(2)10-15(13(17)18,16-8-9-19-3)11-6-4-5-7-12(11)20-14/h4-7,16H,8-10H2,1-3H3,(H,17,18). The highest BCUT2D eigenvalue weighted by Crippen LogP contribution is 2.43. The van der Waals surface area contributed by atoms with E-state index in [1.807, 2.05) is 32.0 Å². The fraction of sp³-hybridized carbons (Fsp3) is 0.533. The summed E-state index contributed by atoms with van der Waals surface area (Å²) in [6.45, 7) is 4.73. The zero-order valence-corrected chi connectivity index (χ0v) is 12.1. The van der Waals surface area contributed by atoms with E-state index in [2.05, 4.69) is 5.32 Å². The number of hydrogen-bond donors (Lipinski definition) is 2. The van der Waals surface area contributed by atoms with Crippen LogP contribution in [0.5, 0.6) is 5.75 Å². The van der Waals surface area contributed by atoms with Crippen LogP contribution in [0.3, 0.4) is 0 Å². The van der Waals surface area contributed by atoms with Crippen molar-refractivity contribution in [1.82, 2.24) is 5.32 Å². The van der Waals surface area contributed by atoms with Gasteiger partial charge in [-0.25, -0.2) is 4.79 Å². The number of nitrogens with one attached hydrogen (secondary N) is 1. The third-order valence-corrected chi connectivity index (χ3v) is 3.52. The zero-order valence-electron chi connectivity index (χ0n) is 12.1. The van der Waals surface area contributed by atoms with E-state index >= 15 is 0 Å². The van der Waals surface area contributed by atoms with Gasteiger partial charge in [-0.2, -0.15) is 0 Å². The van der Waals surface area contributed by atoms with E-state index in [9.17, 15) is 9.90 Å². The Morgan fingerprint density at radius 3 is 2.80 bits per heavy atom. The van der Waals surface area contributed by atoms with Crippen molar-refractivity contribution in [2.24, 2.45) is 0 Å². The van der Waals surface area contributed by atoms with Gasteiger partial charge in [-0.05, 0) is 19.9 Å². The summed E-state index contributed by atoms with van der Waals surface area (Å²) in [4.78, 5) is 12.0. The van der Waals surface area contributed by atoms with Crippen LogP contribution in [0.2, 0.25) is 0 Å². The van der Waals surface area contributed by atoms with E-state index in [0.717, 1.165) is 0 Å². The maximum absolute atomic E-state index is 12.0. The number of aliphatic carboxylic acids is 1. The van der Waals surface area contributed by atoms with Crippen LogP contribution in [0.4, 0.5) is 0 Å². The first kappa shape index (κ1) is 14.8. The summed E-state index contributed by atoms with van der Waals surface area (Å²) in [6, 6.07) is 7.29. The fourth-order valence-corrected chi connectivity index (χ4v) is 2.77. The Balaban J connectivity index is 2.46. The largest absolute Gasteiger partial charge is 0.487 e. The molecule has 5 heteroatoms. The highest BCUT2D eigenvalue weighted by Gasteiger charge is 2.50. The highest BCUT2D eigenvalue weighted by atomic mass is 16.5. The first-order valence-corrected chi connectivity index (χ1v) is 6.67. The van der Waals surface area contributed by atoms with Crippen LogP contribution in [0, 0.1) is 0 Å². The molecule has 0 radical (unpaired) electrons. The maximum atomic E-state index is 12.0. The monoisotopic (exact) mass is 279 g/mol. The number of hydrogen-bond acceptors (Lipinski definition) is 4. The Bertz CT molecular complexity index is 500. The summed E-state index contributed by atoms with van der Waals surface area (Å²) >= 11 is 0. The van der Waals surface area contributed by atoms with Crippen LogP contribution in [0.15, 0.2) is 24.3 Å². The molecule has 0 aromatic heterocycles. The Morgan fingerprint density at radius 2 is 2.15 bits per heavy atom. The van der Waals surface area contributed by atoms with Crippen molar-refractivity contribution in [3.05, 3.63) is 29.8 Å². The lowest BCUT2D eigenvalue weighted by atomic mass is 9.77. The van der Waals surface area contributed by atoms with Crippen molar-refractivity contribution >= 4 is 5.97 Å². The molecule has 0 saturated heterocycles. The Kier molecular flexibility index (Phi) is 4.01. The van der Waals surface area contributed by atoms with Crippen molar-refractivity contribution in [3.8, 4) is 5.75 Å². The number of carbonyl (C=O) groups is 1. The van der Waals surface area contributed by atoms with Crippen LogP contribution < -0.4 is 10.1 Å². The molecule has 1 aromatic carbocycles. The van der Waals surface area contributed by atoms with Gasteiger partial charge >= 0.3 is 5.97 Å². The van der Waals surface area contributed by atoms with Crippen LogP contribution in [-0.2, 0) is 15.1 Å². The summed E-state index contributed by atoms with van der Waals surface area (Å²) in [7, 11) is 1.59. The molecule has 1 unspecified atom stereocenters. The number of benzene rings is 1. The van der Waals surface area contributed by atoms with E-state index in [1.165, 1.54) is 0 Å². The SMILES string of the molecule is COCCNC1(C(=O)O)CC(C)(C)Oc2ccccc21. The van der Waals surface area contributed by atoms with E-state index in [1.54, 1.807) is 13.2 Å². The average Bonchev–Trinajstić information content (AvgIpc) is 2.37. The third-order valence-electron chi connectivity index (χ3n) is 3.52. The zero-order chi connectivity index (χ0) is 14.8. The van der Waals surface area contributed by atoms with Gasteiger partial charge in [0, 0.05) is 25.6 Å². The molecule has 1 atom stereocenters. The molecule has 2 rings (SSSR count). The fourth-order valence-electron chi connectivity index (χ4n) is 2.77. The molecule has 1 aliphatic rings. The van der Waals surface area contributed by atoms with E-state index in [-0.39, 0.29) is 0 Å². The number of ether oxygens (including phenoxy) is 2. The van der Waals surface area contributed by atoms with Crippen molar-refractivity contribution in [2.75, 3.05) is 20.3 Å². The molecule has 20 heavy (non-hydrogen) atoms. The van der Waals surface area contributed by atoms with Crippen molar-refractivity contribution in [3.63, 3.8) is 0 Å². The Hall–Kier alpha value is -1.59.